The van der Waals surface area contributed by atoms with Crippen molar-refractivity contribution in [2.75, 3.05) is 0 Å². The van der Waals surface area contributed by atoms with Gasteiger partial charge in [-0.05, 0) is 24.3 Å². The number of fused-ring (bicyclic) bond motifs is 1. The average molecular weight is 293 g/mol. The van der Waals surface area contributed by atoms with Crippen molar-refractivity contribution in [3.05, 3.63) is 60.7 Å². The molecule has 0 radical (unpaired) electrons. The fraction of sp³-hybridized carbons (Fsp3) is 0.125. The standard InChI is InChI=1S/C16H15N5O/c22-16(20-19-11-13-5-3-4-9-17-13)8-10-21-12-18-14-6-1-2-7-15(14)21/h1-7,9,11-12H,8,10H2,(H,20,22). The molecule has 1 aromatic carbocycles. The van der Waals surface area contributed by atoms with Gasteiger partial charge in [-0.25, -0.2) is 10.4 Å². The minimum Gasteiger partial charge on any atom is -0.330 e. The van der Waals surface area contributed by atoms with Crippen LogP contribution in [-0.4, -0.2) is 26.7 Å². The van der Waals surface area contributed by atoms with Gasteiger partial charge >= 0.3 is 0 Å². The third kappa shape index (κ3) is 3.35. The Morgan fingerprint density at radius 1 is 1.18 bits per heavy atom. The molecule has 2 aromatic heterocycles. The first-order valence-electron chi connectivity index (χ1n) is 6.96. The molecule has 0 aliphatic rings. The number of nitrogens with zero attached hydrogens (tertiary/aromatic N) is 4. The van der Waals surface area contributed by atoms with Crippen LogP contribution >= 0.6 is 0 Å². The third-order valence-electron chi connectivity index (χ3n) is 3.18. The minimum absolute atomic E-state index is 0.148. The second-order valence-electron chi connectivity index (χ2n) is 4.72. The van der Waals surface area contributed by atoms with E-state index in [1.807, 2.05) is 47.0 Å². The van der Waals surface area contributed by atoms with Gasteiger partial charge in [0, 0.05) is 19.2 Å². The Labute approximate surface area is 127 Å². The monoisotopic (exact) mass is 293 g/mol. The smallest absolute Gasteiger partial charge is 0.241 e. The highest BCUT2D eigenvalue weighted by molar-refractivity contribution is 5.81. The third-order valence-corrected chi connectivity index (χ3v) is 3.18. The maximum Gasteiger partial charge on any atom is 0.241 e. The van der Waals surface area contributed by atoms with Crippen molar-refractivity contribution >= 4 is 23.2 Å². The number of amides is 1. The molecule has 0 fully saturated rings. The van der Waals surface area contributed by atoms with Crippen LogP contribution < -0.4 is 5.43 Å². The quantitative estimate of drug-likeness (QED) is 0.577. The van der Waals surface area contributed by atoms with Crippen molar-refractivity contribution in [2.45, 2.75) is 13.0 Å². The van der Waals surface area contributed by atoms with Crippen LogP contribution in [0.15, 0.2) is 60.1 Å². The first-order valence-corrected chi connectivity index (χ1v) is 6.96. The zero-order chi connectivity index (χ0) is 15.2. The molecule has 2 heterocycles. The highest BCUT2D eigenvalue weighted by Crippen LogP contribution is 2.11. The Morgan fingerprint density at radius 2 is 2.05 bits per heavy atom. The summed E-state index contributed by atoms with van der Waals surface area (Å²) in [7, 11) is 0. The lowest BCUT2D eigenvalue weighted by Gasteiger charge is -2.03. The van der Waals surface area contributed by atoms with Crippen LogP contribution in [0, 0.1) is 0 Å². The highest BCUT2D eigenvalue weighted by Gasteiger charge is 2.04. The van der Waals surface area contributed by atoms with E-state index in [0.29, 0.717) is 18.7 Å². The number of carbonyl (C=O) groups excluding carboxylic acids is 1. The zero-order valence-electron chi connectivity index (χ0n) is 11.9. The lowest BCUT2D eigenvalue weighted by Crippen LogP contribution is -2.19. The number of imidazole rings is 1. The van der Waals surface area contributed by atoms with Gasteiger partial charge in [0.15, 0.2) is 0 Å². The number of aromatic nitrogens is 3. The van der Waals surface area contributed by atoms with Crippen molar-refractivity contribution < 1.29 is 4.79 Å². The molecule has 0 atom stereocenters. The van der Waals surface area contributed by atoms with E-state index in [1.165, 1.54) is 6.21 Å². The summed E-state index contributed by atoms with van der Waals surface area (Å²) in [6, 6.07) is 13.3. The van der Waals surface area contributed by atoms with E-state index in [9.17, 15) is 4.79 Å². The van der Waals surface area contributed by atoms with Crippen molar-refractivity contribution in [1.29, 1.82) is 0 Å². The van der Waals surface area contributed by atoms with Crippen LogP contribution in [-0.2, 0) is 11.3 Å². The van der Waals surface area contributed by atoms with E-state index in [2.05, 4.69) is 20.5 Å². The predicted octanol–water partition coefficient (Wildman–Crippen LogP) is 1.97. The summed E-state index contributed by atoms with van der Waals surface area (Å²) in [5.74, 6) is -0.148. The normalized spacial score (nSPS) is 11.1. The first-order chi connectivity index (χ1) is 10.8. The van der Waals surface area contributed by atoms with E-state index in [-0.39, 0.29) is 5.91 Å². The first kappa shape index (κ1) is 13.9. The number of hydrogen-bond acceptors (Lipinski definition) is 4. The number of hydrazone groups is 1. The van der Waals surface area contributed by atoms with E-state index in [0.717, 1.165) is 11.0 Å². The lowest BCUT2D eigenvalue weighted by atomic mass is 10.3. The molecule has 1 N–H and O–H groups in total. The second-order valence-corrected chi connectivity index (χ2v) is 4.72. The van der Waals surface area contributed by atoms with Crippen LogP contribution in [0.25, 0.3) is 11.0 Å². The molecule has 0 bridgehead atoms. The van der Waals surface area contributed by atoms with Crippen molar-refractivity contribution in [3.8, 4) is 0 Å². The lowest BCUT2D eigenvalue weighted by molar-refractivity contribution is -0.121. The van der Waals surface area contributed by atoms with Crippen LogP contribution in [0.3, 0.4) is 0 Å². The molecule has 0 aliphatic carbocycles. The van der Waals surface area contributed by atoms with Gasteiger partial charge in [0.1, 0.15) is 0 Å². The van der Waals surface area contributed by atoms with E-state index >= 15 is 0 Å². The molecule has 0 unspecified atom stereocenters. The molecular formula is C16H15N5O. The Bertz CT molecular complexity index is 794. The number of aryl methyl sites for hydroxylation is 1. The number of pyridine rings is 1. The van der Waals surface area contributed by atoms with Crippen LogP contribution in [0.2, 0.25) is 0 Å². The molecule has 0 aliphatic heterocycles. The molecule has 110 valence electrons. The molecule has 3 rings (SSSR count). The predicted molar refractivity (Wildman–Crippen MR) is 84.3 cm³/mol. The molecule has 3 aromatic rings. The number of para-hydroxylation sites is 2. The van der Waals surface area contributed by atoms with Gasteiger partial charge in [0.05, 0.1) is 29.3 Å². The molecular weight excluding hydrogens is 278 g/mol. The number of benzene rings is 1. The van der Waals surface area contributed by atoms with Crippen molar-refractivity contribution in [2.24, 2.45) is 5.10 Å². The van der Waals surface area contributed by atoms with Crippen molar-refractivity contribution in [3.63, 3.8) is 0 Å². The molecule has 0 saturated heterocycles. The molecule has 0 saturated carbocycles. The second kappa shape index (κ2) is 6.62. The van der Waals surface area contributed by atoms with Crippen molar-refractivity contribution in [1.82, 2.24) is 20.0 Å². The fourth-order valence-corrected chi connectivity index (χ4v) is 2.09. The van der Waals surface area contributed by atoms with Crippen LogP contribution in [0.4, 0.5) is 0 Å². The topological polar surface area (TPSA) is 72.2 Å². The number of carbonyl (C=O) groups is 1. The van der Waals surface area contributed by atoms with Gasteiger partial charge in [0.25, 0.3) is 0 Å². The zero-order valence-corrected chi connectivity index (χ0v) is 11.9. The summed E-state index contributed by atoms with van der Waals surface area (Å²) in [4.78, 5) is 20.2. The molecule has 6 heteroatoms. The summed E-state index contributed by atoms with van der Waals surface area (Å²) in [5, 5.41) is 3.89. The highest BCUT2D eigenvalue weighted by atomic mass is 16.2. The summed E-state index contributed by atoms with van der Waals surface area (Å²) >= 11 is 0. The molecule has 6 nitrogen and oxygen atoms in total. The Hall–Kier alpha value is -3.02. The molecule has 22 heavy (non-hydrogen) atoms. The van der Waals surface area contributed by atoms with E-state index < -0.39 is 0 Å². The maximum absolute atomic E-state index is 11.8. The van der Waals surface area contributed by atoms with Crippen LogP contribution in [0.5, 0.6) is 0 Å². The number of nitrogens with one attached hydrogen (secondary N) is 1. The van der Waals surface area contributed by atoms with Gasteiger partial charge in [-0.2, -0.15) is 5.10 Å². The van der Waals surface area contributed by atoms with Gasteiger partial charge in [-0.1, -0.05) is 18.2 Å². The Kier molecular flexibility index (Phi) is 4.20. The minimum atomic E-state index is -0.148. The van der Waals surface area contributed by atoms with Gasteiger partial charge < -0.3 is 4.57 Å². The largest absolute Gasteiger partial charge is 0.330 e. The molecule has 1 amide bonds. The fourth-order valence-electron chi connectivity index (χ4n) is 2.09. The van der Waals surface area contributed by atoms with Gasteiger partial charge in [0.2, 0.25) is 5.91 Å². The summed E-state index contributed by atoms with van der Waals surface area (Å²) in [5.41, 5.74) is 5.14. The van der Waals surface area contributed by atoms with E-state index in [4.69, 9.17) is 0 Å². The summed E-state index contributed by atoms with van der Waals surface area (Å²) in [6.07, 6.45) is 5.27. The van der Waals surface area contributed by atoms with E-state index in [1.54, 1.807) is 12.5 Å². The summed E-state index contributed by atoms with van der Waals surface area (Å²) < 4.78 is 1.96. The van der Waals surface area contributed by atoms with Gasteiger partial charge in [-0.15, -0.1) is 0 Å². The molecule has 0 spiro atoms. The Morgan fingerprint density at radius 3 is 2.91 bits per heavy atom. The summed E-state index contributed by atoms with van der Waals surface area (Å²) in [6.45, 7) is 0.561. The Balaban J connectivity index is 1.53. The average Bonchev–Trinajstić information content (AvgIpc) is 2.97. The number of hydrogen-bond donors (Lipinski definition) is 1. The van der Waals surface area contributed by atoms with Gasteiger partial charge in [-0.3, -0.25) is 9.78 Å². The maximum atomic E-state index is 11.8. The number of rotatable bonds is 5. The SMILES string of the molecule is O=C(CCn1cnc2ccccc21)NN=Cc1ccccn1. The van der Waals surface area contributed by atoms with Crippen LogP contribution in [0.1, 0.15) is 12.1 Å².